The molecule has 0 saturated heterocycles. The molecule has 3 N–H and O–H groups in total. The van der Waals surface area contributed by atoms with Crippen molar-refractivity contribution >= 4 is 19.8 Å². The van der Waals surface area contributed by atoms with E-state index in [9.17, 15) is 19.0 Å². The lowest BCUT2D eigenvalue weighted by atomic mass is 10.0. The molecule has 9 nitrogen and oxygen atoms in total. The molecular formula is C61H102NO8P. The van der Waals surface area contributed by atoms with Crippen LogP contribution in [0.1, 0.15) is 219 Å². The summed E-state index contributed by atoms with van der Waals surface area (Å²) in [6, 6.07) is 0. The molecule has 10 heteroatoms. The number of phosphoric ester groups is 1. The van der Waals surface area contributed by atoms with E-state index in [0.29, 0.717) is 12.8 Å². The molecule has 2 unspecified atom stereocenters. The van der Waals surface area contributed by atoms with E-state index in [-0.39, 0.29) is 32.6 Å². The van der Waals surface area contributed by atoms with Gasteiger partial charge in [0.2, 0.25) is 0 Å². The van der Waals surface area contributed by atoms with E-state index in [1.165, 1.54) is 77.0 Å². The molecule has 0 fully saturated rings. The van der Waals surface area contributed by atoms with Crippen LogP contribution in [0.2, 0.25) is 0 Å². The van der Waals surface area contributed by atoms with E-state index in [2.05, 4.69) is 135 Å². The lowest BCUT2D eigenvalue weighted by molar-refractivity contribution is -0.161. The second kappa shape index (κ2) is 55.7. The van der Waals surface area contributed by atoms with Gasteiger partial charge in [0, 0.05) is 19.4 Å². The molecule has 404 valence electrons. The number of rotatable bonds is 51. The van der Waals surface area contributed by atoms with E-state index in [1.54, 1.807) is 0 Å². The number of nitrogens with two attached hydrogens (primary N) is 1. The number of allylic oxidation sites excluding steroid dienone is 20. The Labute approximate surface area is 434 Å². The van der Waals surface area contributed by atoms with Crippen LogP contribution in [0.25, 0.3) is 0 Å². The fourth-order valence-electron chi connectivity index (χ4n) is 7.28. The van der Waals surface area contributed by atoms with Crippen LogP contribution < -0.4 is 5.73 Å². The molecule has 0 aliphatic heterocycles. The lowest BCUT2D eigenvalue weighted by Crippen LogP contribution is -2.29. The van der Waals surface area contributed by atoms with Crippen molar-refractivity contribution in [3.05, 3.63) is 122 Å². The summed E-state index contributed by atoms with van der Waals surface area (Å²) >= 11 is 0. The zero-order chi connectivity index (χ0) is 51.7. The molecule has 0 bridgehead atoms. The number of ether oxygens (including phenoxy) is 2. The maximum absolute atomic E-state index is 12.7. The van der Waals surface area contributed by atoms with Gasteiger partial charge in [0.05, 0.1) is 13.2 Å². The first-order chi connectivity index (χ1) is 34.8. The molecule has 0 aliphatic carbocycles. The quantitative estimate of drug-likeness (QED) is 0.0264. The lowest BCUT2D eigenvalue weighted by Gasteiger charge is -2.19. The second-order valence-electron chi connectivity index (χ2n) is 18.0. The SMILES string of the molecule is CC/C=C\C/C=C\C/C=C\C/C=C\C/C=C\C/C=C\C/C=C\CCCCCCCCCCCCCCCCCC(=O)OC(COC(=O)CCCCC/C=C\C/C=C\C/C=C\CC)COP(=O)(O)OCCN. The summed E-state index contributed by atoms with van der Waals surface area (Å²) in [7, 11) is -4.40. The normalized spacial score (nSPS) is 14.0. The highest BCUT2D eigenvalue weighted by Crippen LogP contribution is 2.43. The van der Waals surface area contributed by atoms with E-state index in [4.69, 9.17) is 24.3 Å². The van der Waals surface area contributed by atoms with Gasteiger partial charge < -0.3 is 20.1 Å². The molecule has 0 spiro atoms. The maximum atomic E-state index is 12.7. The standard InChI is InChI=1S/C61H102NO8P/c1-3-5-7-9-11-13-15-17-18-19-20-21-22-23-24-25-26-27-28-29-30-31-32-33-34-35-36-37-38-39-40-42-44-46-48-50-52-54-61(64)70-59(58-69-71(65,66)68-56-55-62)57-67-60(63)53-51-49-47-45-43-41-16-14-12-10-8-6-4-2/h5-8,11-14,17-18,20-21,23-24,26-27,29-30,41,43,59H,3-4,9-10,15-16,19,22,25,28,31-40,42,44-58,62H2,1-2H3,(H,65,66)/b7-5-,8-6-,13-11-,14-12-,18-17-,21-20-,24-23-,27-26-,30-29-,43-41-. The van der Waals surface area contributed by atoms with Gasteiger partial charge in [0.15, 0.2) is 6.10 Å². The first-order valence-electron chi connectivity index (χ1n) is 28.0. The topological polar surface area (TPSA) is 134 Å². The van der Waals surface area contributed by atoms with Crippen LogP contribution in [0.5, 0.6) is 0 Å². The highest BCUT2D eigenvalue weighted by atomic mass is 31.2. The predicted octanol–water partition coefficient (Wildman–Crippen LogP) is 17.6. The zero-order valence-corrected chi connectivity index (χ0v) is 45.8. The third-order valence-corrected chi connectivity index (χ3v) is 12.3. The Balaban J connectivity index is 3.91. The van der Waals surface area contributed by atoms with Crippen molar-refractivity contribution in [2.24, 2.45) is 5.73 Å². The number of hydrogen-bond acceptors (Lipinski definition) is 8. The summed E-state index contributed by atoms with van der Waals surface area (Å²) in [6.07, 6.45) is 77.0. The molecule has 0 aromatic rings. The Hall–Kier alpha value is -3.59. The van der Waals surface area contributed by atoms with Crippen molar-refractivity contribution in [2.45, 2.75) is 225 Å². The summed E-state index contributed by atoms with van der Waals surface area (Å²) in [6.45, 7) is 3.46. The number of carbonyl (C=O) groups is 2. The average molecular weight is 1010 g/mol. The van der Waals surface area contributed by atoms with Gasteiger partial charge >= 0.3 is 19.8 Å². The molecule has 0 aliphatic rings. The number of unbranched alkanes of at least 4 members (excludes halogenated alkanes) is 18. The van der Waals surface area contributed by atoms with Crippen LogP contribution in [-0.2, 0) is 32.7 Å². The van der Waals surface area contributed by atoms with Gasteiger partial charge in [-0.25, -0.2) is 4.57 Å². The Morgan fingerprint density at radius 3 is 1.10 bits per heavy atom. The fraction of sp³-hybridized carbons (Fsp3) is 0.639. The third-order valence-electron chi connectivity index (χ3n) is 11.3. The van der Waals surface area contributed by atoms with Crippen LogP contribution in [0.15, 0.2) is 122 Å². The zero-order valence-electron chi connectivity index (χ0n) is 44.9. The summed E-state index contributed by atoms with van der Waals surface area (Å²) < 4.78 is 32.9. The molecular weight excluding hydrogens is 906 g/mol. The molecule has 0 amide bonds. The van der Waals surface area contributed by atoms with E-state index in [1.807, 2.05) is 0 Å². The summed E-state index contributed by atoms with van der Waals surface area (Å²) in [4.78, 5) is 35.0. The highest BCUT2D eigenvalue weighted by molar-refractivity contribution is 7.47. The van der Waals surface area contributed by atoms with Crippen LogP contribution in [0, 0.1) is 0 Å². The summed E-state index contributed by atoms with van der Waals surface area (Å²) in [5.74, 6) is -0.868. The van der Waals surface area contributed by atoms with Crippen molar-refractivity contribution in [3.8, 4) is 0 Å². The predicted molar refractivity (Wildman–Crippen MR) is 302 cm³/mol. The van der Waals surface area contributed by atoms with Crippen molar-refractivity contribution in [1.82, 2.24) is 0 Å². The van der Waals surface area contributed by atoms with E-state index >= 15 is 0 Å². The molecule has 0 heterocycles. The van der Waals surface area contributed by atoms with Crippen molar-refractivity contribution < 1.29 is 37.6 Å². The Kier molecular flexibility index (Phi) is 52.9. The summed E-state index contributed by atoms with van der Waals surface area (Å²) in [5, 5.41) is 0. The molecule has 0 aromatic heterocycles. The minimum Gasteiger partial charge on any atom is -0.462 e. The van der Waals surface area contributed by atoms with Crippen LogP contribution in [-0.4, -0.2) is 49.3 Å². The minimum atomic E-state index is -4.40. The first kappa shape index (κ1) is 67.4. The number of esters is 2. The fourth-order valence-corrected chi connectivity index (χ4v) is 8.04. The van der Waals surface area contributed by atoms with Gasteiger partial charge in [-0.3, -0.25) is 18.6 Å². The maximum Gasteiger partial charge on any atom is 0.472 e. The van der Waals surface area contributed by atoms with Crippen LogP contribution >= 0.6 is 7.82 Å². The Morgan fingerprint density at radius 1 is 0.423 bits per heavy atom. The van der Waals surface area contributed by atoms with Gasteiger partial charge in [-0.2, -0.15) is 0 Å². The van der Waals surface area contributed by atoms with E-state index < -0.39 is 32.5 Å². The monoisotopic (exact) mass is 1010 g/mol. The minimum absolute atomic E-state index is 0.0444. The number of hydrogen-bond donors (Lipinski definition) is 2. The smallest absolute Gasteiger partial charge is 0.462 e. The largest absolute Gasteiger partial charge is 0.472 e. The third kappa shape index (κ3) is 55.6. The second-order valence-corrected chi connectivity index (χ2v) is 19.5. The van der Waals surface area contributed by atoms with Crippen LogP contribution in [0.3, 0.4) is 0 Å². The van der Waals surface area contributed by atoms with Gasteiger partial charge in [0.1, 0.15) is 6.61 Å². The van der Waals surface area contributed by atoms with Crippen LogP contribution in [0.4, 0.5) is 0 Å². The van der Waals surface area contributed by atoms with E-state index in [0.717, 1.165) is 103 Å². The molecule has 2 atom stereocenters. The Morgan fingerprint density at radius 2 is 0.732 bits per heavy atom. The molecule has 0 rings (SSSR count). The van der Waals surface area contributed by atoms with Crippen molar-refractivity contribution in [2.75, 3.05) is 26.4 Å². The highest BCUT2D eigenvalue weighted by Gasteiger charge is 2.26. The van der Waals surface area contributed by atoms with Crippen molar-refractivity contribution in [3.63, 3.8) is 0 Å². The molecule has 0 aromatic carbocycles. The van der Waals surface area contributed by atoms with Gasteiger partial charge in [0.25, 0.3) is 0 Å². The molecule has 0 saturated carbocycles. The first-order valence-corrected chi connectivity index (χ1v) is 29.5. The average Bonchev–Trinajstić information content (AvgIpc) is 3.36. The Bertz CT molecular complexity index is 1570. The van der Waals surface area contributed by atoms with Gasteiger partial charge in [-0.15, -0.1) is 0 Å². The van der Waals surface area contributed by atoms with Gasteiger partial charge in [-0.05, 0) is 103 Å². The number of phosphoric acid groups is 1. The van der Waals surface area contributed by atoms with Crippen molar-refractivity contribution in [1.29, 1.82) is 0 Å². The molecule has 71 heavy (non-hydrogen) atoms. The molecule has 0 radical (unpaired) electrons. The van der Waals surface area contributed by atoms with Gasteiger partial charge in [-0.1, -0.05) is 225 Å². The summed E-state index contributed by atoms with van der Waals surface area (Å²) in [5.41, 5.74) is 5.37. The number of carbonyl (C=O) groups excluding carboxylic acids is 2.